The monoisotopic (exact) mass is 424 g/mol. The molecule has 0 aliphatic heterocycles. The molecular formula is C22H24N4O3S. The number of benzene rings is 2. The second-order valence-corrected chi connectivity index (χ2v) is 8.78. The smallest absolute Gasteiger partial charge is 0.304 e. The van der Waals surface area contributed by atoms with Crippen molar-refractivity contribution >= 4 is 39.1 Å². The number of fused-ring (bicyclic) bond motifs is 2. The molecule has 5 N–H and O–H groups in total. The van der Waals surface area contributed by atoms with Crippen molar-refractivity contribution in [1.29, 1.82) is 0 Å². The molecule has 0 atom stereocenters. The van der Waals surface area contributed by atoms with E-state index in [4.69, 9.17) is 5.73 Å². The number of aromatic nitrogens is 1. The van der Waals surface area contributed by atoms with Gasteiger partial charge in [0.25, 0.3) is 0 Å². The fourth-order valence-electron chi connectivity index (χ4n) is 4.07. The summed E-state index contributed by atoms with van der Waals surface area (Å²) in [5.74, 6) is -1.19. The third-order valence-corrected chi connectivity index (χ3v) is 6.47. The van der Waals surface area contributed by atoms with E-state index in [1.54, 1.807) is 0 Å². The molecule has 0 unspecified atom stereocenters. The van der Waals surface area contributed by atoms with Crippen LogP contribution in [0.4, 0.5) is 5.69 Å². The highest BCUT2D eigenvalue weighted by atomic mass is 32.1. The number of aliphatic carboxylic acids is 1. The fourth-order valence-corrected chi connectivity index (χ4v) is 5.01. The summed E-state index contributed by atoms with van der Waals surface area (Å²) in [6, 6.07) is 13.7. The molecule has 7 nitrogen and oxygen atoms in total. The van der Waals surface area contributed by atoms with Gasteiger partial charge in [-0.2, -0.15) is 0 Å². The van der Waals surface area contributed by atoms with Gasteiger partial charge in [-0.1, -0.05) is 24.3 Å². The van der Waals surface area contributed by atoms with E-state index in [0.717, 1.165) is 32.0 Å². The number of amides is 1. The minimum absolute atomic E-state index is 0.191. The van der Waals surface area contributed by atoms with E-state index in [-0.39, 0.29) is 18.9 Å². The van der Waals surface area contributed by atoms with Crippen molar-refractivity contribution in [3.8, 4) is 0 Å². The van der Waals surface area contributed by atoms with Gasteiger partial charge in [-0.3, -0.25) is 9.59 Å². The summed E-state index contributed by atoms with van der Waals surface area (Å²) in [6.45, 7) is 1.53. The zero-order valence-corrected chi connectivity index (χ0v) is 17.3. The maximum Gasteiger partial charge on any atom is 0.304 e. The van der Waals surface area contributed by atoms with Gasteiger partial charge in [0, 0.05) is 18.8 Å². The summed E-state index contributed by atoms with van der Waals surface area (Å²) in [6.07, 6.45) is 0.693. The molecule has 0 saturated carbocycles. The van der Waals surface area contributed by atoms with Crippen molar-refractivity contribution in [1.82, 2.24) is 10.3 Å². The minimum Gasteiger partial charge on any atom is -0.481 e. The van der Waals surface area contributed by atoms with Crippen LogP contribution in [0.2, 0.25) is 0 Å². The van der Waals surface area contributed by atoms with E-state index in [1.165, 1.54) is 11.3 Å². The number of anilines is 1. The van der Waals surface area contributed by atoms with Gasteiger partial charge in [0.15, 0.2) is 0 Å². The van der Waals surface area contributed by atoms with Crippen LogP contribution in [-0.4, -0.2) is 35.1 Å². The van der Waals surface area contributed by atoms with Crippen LogP contribution < -0.4 is 16.4 Å². The van der Waals surface area contributed by atoms with E-state index in [1.807, 2.05) is 42.5 Å². The Morgan fingerprint density at radius 2 is 1.90 bits per heavy atom. The standard InChI is InChI=1S/C22H24N4O3S/c23-7-8-24-16-5-6-17-18(9-16)30-19(26-17)13-25-21(29)22(12-20(27)28)10-14-3-1-2-4-15(14)11-22/h1-6,9,24H,7-8,10-13,23H2,(H,25,29)(H,27,28). The summed E-state index contributed by atoms with van der Waals surface area (Å²) in [5, 5.41) is 16.4. The molecule has 8 heteroatoms. The van der Waals surface area contributed by atoms with Crippen LogP contribution in [0.25, 0.3) is 10.2 Å². The van der Waals surface area contributed by atoms with Crippen molar-refractivity contribution in [2.75, 3.05) is 18.4 Å². The van der Waals surface area contributed by atoms with Crippen LogP contribution >= 0.6 is 11.3 Å². The van der Waals surface area contributed by atoms with Gasteiger partial charge in [-0.05, 0) is 42.2 Å². The third-order valence-electron chi connectivity index (χ3n) is 5.45. The van der Waals surface area contributed by atoms with E-state index < -0.39 is 11.4 Å². The Hall–Kier alpha value is -2.97. The van der Waals surface area contributed by atoms with Gasteiger partial charge in [-0.15, -0.1) is 11.3 Å². The Labute approximate surface area is 178 Å². The van der Waals surface area contributed by atoms with Gasteiger partial charge in [0.1, 0.15) is 5.01 Å². The molecule has 0 bridgehead atoms. The van der Waals surface area contributed by atoms with Gasteiger partial charge in [0.2, 0.25) is 5.91 Å². The van der Waals surface area contributed by atoms with Crippen LogP contribution in [0.3, 0.4) is 0 Å². The molecule has 0 fully saturated rings. The summed E-state index contributed by atoms with van der Waals surface area (Å²) < 4.78 is 1.02. The van der Waals surface area contributed by atoms with Gasteiger partial charge in [-0.25, -0.2) is 4.98 Å². The molecule has 1 aromatic heterocycles. The van der Waals surface area contributed by atoms with Crippen LogP contribution in [0.15, 0.2) is 42.5 Å². The summed E-state index contributed by atoms with van der Waals surface area (Å²) in [5.41, 5.74) is 8.53. The average molecular weight is 425 g/mol. The lowest BCUT2D eigenvalue weighted by atomic mass is 9.80. The Balaban J connectivity index is 1.48. The number of hydrogen-bond acceptors (Lipinski definition) is 6. The van der Waals surface area contributed by atoms with Crippen LogP contribution in [0.5, 0.6) is 0 Å². The number of rotatable bonds is 8. The predicted octanol–water partition coefficient (Wildman–Crippen LogP) is 2.54. The first-order valence-corrected chi connectivity index (χ1v) is 10.7. The quantitative estimate of drug-likeness (QED) is 0.441. The van der Waals surface area contributed by atoms with Crippen molar-refractivity contribution in [2.24, 2.45) is 11.1 Å². The molecule has 1 amide bonds. The second-order valence-electron chi connectivity index (χ2n) is 7.66. The average Bonchev–Trinajstić information content (AvgIpc) is 3.30. The topological polar surface area (TPSA) is 117 Å². The zero-order chi connectivity index (χ0) is 21.1. The molecule has 3 aromatic rings. The Kier molecular flexibility index (Phi) is 5.69. The van der Waals surface area contributed by atoms with Crippen molar-refractivity contribution in [3.05, 3.63) is 58.6 Å². The molecule has 0 radical (unpaired) electrons. The normalized spacial score (nSPS) is 14.4. The van der Waals surface area contributed by atoms with E-state index in [0.29, 0.717) is 25.9 Å². The van der Waals surface area contributed by atoms with E-state index >= 15 is 0 Å². The van der Waals surface area contributed by atoms with Crippen LogP contribution in [0.1, 0.15) is 22.6 Å². The number of carboxylic acid groups (broad SMARTS) is 1. The lowest BCUT2D eigenvalue weighted by molar-refractivity contribution is -0.145. The summed E-state index contributed by atoms with van der Waals surface area (Å²) in [7, 11) is 0. The first-order chi connectivity index (χ1) is 14.5. The first kappa shape index (κ1) is 20.3. The van der Waals surface area contributed by atoms with E-state index in [9.17, 15) is 14.7 Å². The lowest BCUT2D eigenvalue weighted by Gasteiger charge is -2.25. The Morgan fingerprint density at radius 3 is 2.57 bits per heavy atom. The number of thiazole rings is 1. The number of hydrogen-bond donors (Lipinski definition) is 4. The molecule has 4 rings (SSSR count). The molecule has 1 heterocycles. The fraction of sp³-hybridized carbons (Fsp3) is 0.318. The summed E-state index contributed by atoms with van der Waals surface area (Å²) in [4.78, 5) is 29.2. The molecule has 2 aromatic carbocycles. The largest absolute Gasteiger partial charge is 0.481 e. The van der Waals surface area contributed by atoms with Gasteiger partial charge < -0.3 is 21.5 Å². The first-order valence-electron chi connectivity index (χ1n) is 9.89. The van der Waals surface area contributed by atoms with Crippen molar-refractivity contribution in [3.63, 3.8) is 0 Å². The maximum absolute atomic E-state index is 13.1. The molecule has 1 aliphatic rings. The predicted molar refractivity (Wildman–Crippen MR) is 118 cm³/mol. The number of carbonyl (C=O) groups is 2. The van der Waals surface area contributed by atoms with Crippen LogP contribution in [0, 0.1) is 5.41 Å². The molecule has 1 aliphatic carbocycles. The number of carbonyl (C=O) groups excluding carboxylic acids is 1. The number of nitrogens with two attached hydrogens (primary N) is 1. The Bertz CT molecular complexity index is 1070. The molecule has 0 spiro atoms. The summed E-state index contributed by atoms with van der Waals surface area (Å²) >= 11 is 1.52. The highest BCUT2D eigenvalue weighted by molar-refractivity contribution is 7.18. The minimum atomic E-state index is -0.963. The lowest BCUT2D eigenvalue weighted by Crippen LogP contribution is -2.43. The maximum atomic E-state index is 13.1. The molecular weight excluding hydrogens is 400 g/mol. The number of nitrogens with zero attached hydrogens (tertiary/aromatic N) is 1. The van der Waals surface area contributed by atoms with Crippen molar-refractivity contribution < 1.29 is 14.7 Å². The third kappa shape index (κ3) is 4.15. The van der Waals surface area contributed by atoms with E-state index in [2.05, 4.69) is 15.6 Å². The van der Waals surface area contributed by atoms with Gasteiger partial charge in [0.05, 0.1) is 28.6 Å². The molecule has 156 valence electrons. The van der Waals surface area contributed by atoms with Crippen molar-refractivity contribution in [2.45, 2.75) is 25.8 Å². The highest BCUT2D eigenvalue weighted by Gasteiger charge is 2.45. The molecule has 0 saturated heterocycles. The SMILES string of the molecule is NCCNc1ccc2nc(CNC(=O)C3(CC(=O)O)Cc4ccccc4C3)sc2c1. The highest BCUT2D eigenvalue weighted by Crippen LogP contribution is 2.40. The van der Waals surface area contributed by atoms with Gasteiger partial charge >= 0.3 is 5.97 Å². The number of carboxylic acids is 1. The van der Waals surface area contributed by atoms with Crippen LogP contribution in [-0.2, 0) is 29.0 Å². The second kappa shape index (κ2) is 8.41. The number of nitrogens with one attached hydrogen (secondary N) is 2. The Morgan fingerprint density at radius 1 is 1.17 bits per heavy atom. The molecule has 30 heavy (non-hydrogen) atoms. The zero-order valence-electron chi connectivity index (χ0n) is 16.5.